The minimum absolute atomic E-state index is 0.0187. The van der Waals surface area contributed by atoms with E-state index in [1.54, 1.807) is 50.4 Å². The molecule has 0 atom stereocenters. The van der Waals surface area contributed by atoms with Crippen LogP contribution in [0.15, 0.2) is 60.2 Å². The lowest BCUT2D eigenvalue weighted by Crippen LogP contribution is -2.25. The van der Waals surface area contributed by atoms with Crippen molar-refractivity contribution < 1.29 is 18.8 Å². The summed E-state index contributed by atoms with van der Waals surface area (Å²) in [6.07, 6.45) is 1.50. The highest BCUT2D eigenvalue weighted by molar-refractivity contribution is 7.12. The van der Waals surface area contributed by atoms with Gasteiger partial charge in [-0.05, 0) is 43.5 Å². The lowest BCUT2D eigenvalue weighted by atomic mass is 10.1. The van der Waals surface area contributed by atoms with E-state index in [0.29, 0.717) is 27.3 Å². The topological polar surface area (TPSA) is 76.8 Å². The lowest BCUT2D eigenvalue weighted by molar-refractivity contribution is 0.104. The molecule has 7 nitrogen and oxygen atoms in total. The summed E-state index contributed by atoms with van der Waals surface area (Å²) in [7, 11) is 0. The van der Waals surface area contributed by atoms with Gasteiger partial charge in [0.2, 0.25) is 5.78 Å². The van der Waals surface area contributed by atoms with Crippen molar-refractivity contribution in [3.8, 4) is 11.3 Å². The molecule has 3 aromatic heterocycles. The number of carbonyl (C=O) groups excluding carboxylic acids is 2. The summed E-state index contributed by atoms with van der Waals surface area (Å²) >= 11 is 1.34. The van der Waals surface area contributed by atoms with Crippen LogP contribution in [-0.2, 0) is 4.74 Å². The molecule has 3 heterocycles. The van der Waals surface area contributed by atoms with E-state index >= 15 is 0 Å². The largest absolute Gasteiger partial charge is 0.445 e. The van der Waals surface area contributed by atoms with Crippen LogP contribution in [0.25, 0.3) is 16.9 Å². The van der Waals surface area contributed by atoms with E-state index in [4.69, 9.17) is 4.74 Å². The normalized spacial score (nSPS) is 11.1. The molecule has 0 aliphatic rings. The van der Waals surface area contributed by atoms with Gasteiger partial charge < -0.3 is 4.74 Å². The monoisotopic (exact) mass is 424 g/mol. The third-order valence-electron chi connectivity index (χ3n) is 4.26. The third kappa shape index (κ3) is 3.67. The Kier molecular flexibility index (Phi) is 5.28. The molecule has 30 heavy (non-hydrogen) atoms. The Balaban J connectivity index is 1.72. The van der Waals surface area contributed by atoms with Crippen LogP contribution >= 0.6 is 11.3 Å². The van der Waals surface area contributed by atoms with Crippen molar-refractivity contribution in [1.82, 2.24) is 14.6 Å². The molecule has 0 unspecified atom stereocenters. The zero-order chi connectivity index (χ0) is 21.3. The third-order valence-corrected chi connectivity index (χ3v) is 5.12. The highest BCUT2D eigenvalue weighted by atomic mass is 32.1. The van der Waals surface area contributed by atoms with Crippen LogP contribution in [-0.4, -0.2) is 32.6 Å². The Hall–Kier alpha value is -3.59. The molecule has 152 valence electrons. The van der Waals surface area contributed by atoms with Gasteiger partial charge in [-0.25, -0.2) is 14.3 Å². The number of benzene rings is 1. The molecule has 4 rings (SSSR count). The number of carbonyl (C=O) groups is 2. The highest BCUT2D eigenvalue weighted by Gasteiger charge is 2.21. The van der Waals surface area contributed by atoms with Gasteiger partial charge in [-0.1, -0.05) is 22.7 Å². The second kappa shape index (κ2) is 8.03. The van der Waals surface area contributed by atoms with E-state index in [2.05, 4.69) is 10.1 Å². The van der Waals surface area contributed by atoms with Gasteiger partial charge in [-0.2, -0.15) is 5.10 Å². The van der Waals surface area contributed by atoms with Crippen LogP contribution in [0.5, 0.6) is 0 Å². The number of thiophene rings is 1. The Morgan fingerprint density at radius 2 is 2.03 bits per heavy atom. The number of ether oxygens (including phenoxy) is 1. The Morgan fingerprint density at radius 3 is 2.77 bits per heavy atom. The number of hydrogen-bond acceptors (Lipinski definition) is 6. The summed E-state index contributed by atoms with van der Waals surface area (Å²) in [5.74, 6) is -0.162. The highest BCUT2D eigenvalue weighted by Crippen LogP contribution is 2.27. The van der Waals surface area contributed by atoms with Crippen LogP contribution in [0.2, 0.25) is 0 Å². The van der Waals surface area contributed by atoms with E-state index in [1.807, 2.05) is 5.38 Å². The first kappa shape index (κ1) is 19.7. The fourth-order valence-electron chi connectivity index (χ4n) is 2.95. The summed E-state index contributed by atoms with van der Waals surface area (Å²) in [5.41, 5.74) is 1.98. The molecular weight excluding hydrogens is 407 g/mol. The second-order valence-electron chi connectivity index (χ2n) is 6.69. The summed E-state index contributed by atoms with van der Waals surface area (Å²) < 4.78 is 20.9. The first-order valence-corrected chi connectivity index (χ1v) is 10.0. The number of ketones is 1. The summed E-state index contributed by atoms with van der Waals surface area (Å²) in [5, 5.41) is 6.10. The molecule has 0 aliphatic heterocycles. The molecule has 0 fully saturated rings. The van der Waals surface area contributed by atoms with Gasteiger partial charge in [-0.3, -0.25) is 4.79 Å². The fraction of sp³-hybridized carbons (Fsp3) is 0.143. The Bertz CT molecular complexity index is 1220. The number of fused-ring (bicyclic) bond motifs is 1. The SMILES string of the molecule is CC(C)OC(=O)N(F)c1cccc(-c2ccnc3c(C(=O)c4cccs4)cnn23)c1. The molecular formula is C21H17FN4O3S. The van der Waals surface area contributed by atoms with Gasteiger partial charge in [0.25, 0.3) is 0 Å². The number of anilines is 1. The van der Waals surface area contributed by atoms with Crippen molar-refractivity contribution in [2.45, 2.75) is 20.0 Å². The minimum atomic E-state index is -1.09. The first-order valence-electron chi connectivity index (χ1n) is 9.13. The molecule has 0 bridgehead atoms. The standard InChI is InChI=1S/C21H17FN4O3S/c1-13(2)29-21(28)25(22)15-6-3-5-14(11-15)17-8-9-23-20-16(12-24-26(17)20)19(27)18-7-4-10-30-18/h3-13H,1-2H3. The van der Waals surface area contributed by atoms with Crippen LogP contribution in [0, 0.1) is 0 Å². The smallest absolute Gasteiger partial charge is 0.443 e. The van der Waals surface area contributed by atoms with E-state index in [0.717, 1.165) is 0 Å². The van der Waals surface area contributed by atoms with Crippen LogP contribution in [0.1, 0.15) is 29.1 Å². The van der Waals surface area contributed by atoms with Gasteiger partial charge in [0.15, 0.2) is 5.65 Å². The number of nitrogens with zero attached hydrogens (tertiary/aromatic N) is 4. The van der Waals surface area contributed by atoms with E-state index < -0.39 is 12.2 Å². The summed E-state index contributed by atoms with van der Waals surface area (Å²) in [6.45, 7) is 3.28. The first-order chi connectivity index (χ1) is 14.5. The minimum Gasteiger partial charge on any atom is -0.445 e. The van der Waals surface area contributed by atoms with Gasteiger partial charge in [0.1, 0.15) is 0 Å². The number of aromatic nitrogens is 3. The molecule has 0 saturated carbocycles. The van der Waals surface area contributed by atoms with E-state index in [1.165, 1.54) is 34.2 Å². The van der Waals surface area contributed by atoms with Crippen molar-refractivity contribution in [2.24, 2.45) is 0 Å². The zero-order valence-corrected chi connectivity index (χ0v) is 17.0. The van der Waals surface area contributed by atoms with E-state index in [-0.39, 0.29) is 16.6 Å². The predicted octanol–water partition coefficient (Wildman–Crippen LogP) is 4.92. The predicted molar refractivity (Wildman–Crippen MR) is 111 cm³/mol. The maximum Gasteiger partial charge on any atom is 0.443 e. The number of halogens is 1. The summed E-state index contributed by atoms with van der Waals surface area (Å²) in [6, 6.07) is 11.6. The average molecular weight is 424 g/mol. The molecule has 4 aromatic rings. The maximum absolute atomic E-state index is 14.4. The molecule has 1 amide bonds. The van der Waals surface area contributed by atoms with Crippen LogP contribution < -0.4 is 5.12 Å². The van der Waals surface area contributed by atoms with Crippen molar-refractivity contribution in [3.05, 3.63) is 70.7 Å². The van der Waals surface area contributed by atoms with Gasteiger partial charge >= 0.3 is 6.09 Å². The quantitative estimate of drug-likeness (QED) is 0.336. The second-order valence-corrected chi connectivity index (χ2v) is 7.64. The van der Waals surface area contributed by atoms with Crippen molar-refractivity contribution in [2.75, 3.05) is 5.12 Å². The van der Waals surface area contributed by atoms with Crippen LogP contribution in [0.3, 0.4) is 0 Å². The maximum atomic E-state index is 14.4. The molecule has 1 aromatic carbocycles. The molecule has 0 spiro atoms. The molecule has 0 aliphatic carbocycles. The van der Waals surface area contributed by atoms with Crippen molar-refractivity contribution >= 4 is 34.5 Å². The van der Waals surface area contributed by atoms with Gasteiger partial charge in [0, 0.05) is 11.8 Å². The molecule has 0 N–H and O–H groups in total. The molecule has 9 heteroatoms. The Morgan fingerprint density at radius 1 is 1.20 bits per heavy atom. The molecule has 0 radical (unpaired) electrons. The van der Waals surface area contributed by atoms with Crippen LogP contribution in [0.4, 0.5) is 15.0 Å². The number of hydrogen-bond donors (Lipinski definition) is 0. The van der Waals surface area contributed by atoms with Gasteiger partial charge in [-0.15, -0.1) is 16.5 Å². The van der Waals surface area contributed by atoms with E-state index in [9.17, 15) is 14.1 Å². The number of amides is 1. The van der Waals surface area contributed by atoms with Crippen molar-refractivity contribution in [3.63, 3.8) is 0 Å². The average Bonchev–Trinajstić information content (AvgIpc) is 3.42. The summed E-state index contributed by atoms with van der Waals surface area (Å²) in [4.78, 5) is 29.5. The lowest BCUT2D eigenvalue weighted by Gasteiger charge is -2.15. The van der Waals surface area contributed by atoms with Crippen molar-refractivity contribution in [1.29, 1.82) is 0 Å². The molecule has 0 saturated heterocycles. The number of rotatable bonds is 5. The van der Waals surface area contributed by atoms with Gasteiger partial charge in [0.05, 0.1) is 34.1 Å². The zero-order valence-electron chi connectivity index (χ0n) is 16.2. The Labute approximate surface area is 175 Å². The fourth-order valence-corrected chi connectivity index (χ4v) is 3.63.